The van der Waals surface area contributed by atoms with E-state index in [4.69, 9.17) is 9.47 Å². The minimum atomic E-state index is -0.404. The second-order valence-electron chi connectivity index (χ2n) is 5.24. The van der Waals surface area contributed by atoms with Crippen molar-refractivity contribution in [3.63, 3.8) is 0 Å². The van der Waals surface area contributed by atoms with E-state index in [1.165, 1.54) is 26.2 Å². The lowest BCUT2D eigenvalue weighted by molar-refractivity contribution is -0.131. The molecule has 0 N–H and O–H groups in total. The number of nitrogens with zero attached hydrogens (tertiary/aromatic N) is 2. The van der Waals surface area contributed by atoms with Gasteiger partial charge in [-0.3, -0.25) is 4.79 Å². The third-order valence-electron chi connectivity index (χ3n) is 3.45. The average molecular weight is 338 g/mol. The van der Waals surface area contributed by atoms with Crippen LogP contribution in [0.2, 0.25) is 0 Å². The minimum Gasteiger partial charge on any atom is -0.493 e. The molecule has 0 aliphatic rings. The third kappa shape index (κ3) is 3.80. The number of hydrogen-bond donors (Lipinski definition) is 0. The van der Waals surface area contributed by atoms with Crippen molar-refractivity contribution in [2.24, 2.45) is 0 Å². The Balaban J connectivity index is 2.06. The van der Waals surface area contributed by atoms with Crippen molar-refractivity contribution >= 4 is 5.97 Å². The standard InChI is InChI=1S/C19H15FN2O3/c1-12(23)25-16-5-3-4-14(10-16)18-17(24-2)11-21-19(22-18)13-6-8-15(20)9-7-13/h3-11H,1-2H3. The molecule has 1 heterocycles. The molecule has 1 aromatic heterocycles. The van der Waals surface area contributed by atoms with Crippen LogP contribution in [0.4, 0.5) is 4.39 Å². The Hall–Kier alpha value is -3.28. The number of carbonyl (C=O) groups excluding carboxylic acids is 1. The van der Waals surface area contributed by atoms with E-state index in [1.807, 2.05) is 6.07 Å². The van der Waals surface area contributed by atoms with Crippen LogP contribution < -0.4 is 9.47 Å². The molecular weight excluding hydrogens is 323 g/mol. The fourth-order valence-corrected chi connectivity index (χ4v) is 2.34. The second kappa shape index (κ2) is 7.09. The van der Waals surface area contributed by atoms with Gasteiger partial charge in [0.1, 0.15) is 17.3 Å². The SMILES string of the molecule is COc1cnc(-c2ccc(F)cc2)nc1-c1cccc(OC(C)=O)c1. The fraction of sp³-hybridized carbons (Fsp3) is 0.105. The summed E-state index contributed by atoms with van der Waals surface area (Å²) in [4.78, 5) is 19.9. The number of carbonyl (C=O) groups is 1. The molecule has 25 heavy (non-hydrogen) atoms. The van der Waals surface area contributed by atoms with Crippen LogP contribution in [0.1, 0.15) is 6.92 Å². The van der Waals surface area contributed by atoms with E-state index in [2.05, 4.69) is 9.97 Å². The first-order valence-electron chi connectivity index (χ1n) is 7.52. The van der Waals surface area contributed by atoms with Crippen molar-refractivity contribution in [1.29, 1.82) is 0 Å². The molecule has 0 unspecified atom stereocenters. The zero-order valence-corrected chi connectivity index (χ0v) is 13.7. The summed E-state index contributed by atoms with van der Waals surface area (Å²) in [7, 11) is 1.52. The molecule has 0 atom stereocenters. The molecule has 0 bridgehead atoms. The van der Waals surface area contributed by atoms with Crippen molar-refractivity contribution in [3.05, 3.63) is 60.5 Å². The van der Waals surface area contributed by atoms with Crippen molar-refractivity contribution in [3.8, 4) is 34.1 Å². The highest BCUT2D eigenvalue weighted by molar-refractivity contribution is 5.73. The average Bonchev–Trinajstić information content (AvgIpc) is 2.61. The van der Waals surface area contributed by atoms with Gasteiger partial charge in [-0.2, -0.15) is 0 Å². The van der Waals surface area contributed by atoms with Gasteiger partial charge in [0, 0.05) is 18.1 Å². The molecule has 6 heteroatoms. The van der Waals surface area contributed by atoms with E-state index in [1.54, 1.807) is 36.5 Å². The van der Waals surface area contributed by atoms with E-state index in [9.17, 15) is 9.18 Å². The van der Waals surface area contributed by atoms with Crippen molar-refractivity contribution < 1.29 is 18.7 Å². The quantitative estimate of drug-likeness (QED) is 0.533. The van der Waals surface area contributed by atoms with Crippen LogP contribution in [0.25, 0.3) is 22.6 Å². The van der Waals surface area contributed by atoms with Gasteiger partial charge >= 0.3 is 5.97 Å². The Morgan fingerprint density at radius 3 is 2.52 bits per heavy atom. The van der Waals surface area contributed by atoms with Crippen molar-refractivity contribution in [2.75, 3.05) is 7.11 Å². The number of ether oxygens (including phenoxy) is 2. The van der Waals surface area contributed by atoms with Gasteiger partial charge < -0.3 is 9.47 Å². The first kappa shape index (κ1) is 16.6. The zero-order valence-electron chi connectivity index (χ0n) is 13.7. The van der Waals surface area contributed by atoms with Crippen LogP contribution >= 0.6 is 0 Å². The summed E-state index contributed by atoms with van der Waals surface area (Å²) in [5.74, 6) is 0.596. The summed E-state index contributed by atoms with van der Waals surface area (Å²) in [5.41, 5.74) is 1.94. The first-order valence-corrected chi connectivity index (χ1v) is 7.52. The largest absolute Gasteiger partial charge is 0.493 e. The first-order chi connectivity index (χ1) is 12.1. The molecule has 2 aromatic carbocycles. The Morgan fingerprint density at radius 2 is 1.84 bits per heavy atom. The normalized spacial score (nSPS) is 10.4. The summed E-state index contributed by atoms with van der Waals surface area (Å²) >= 11 is 0. The summed E-state index contributed by atoms with van der Waals surface area (Å²) in [5, 5.41) is 0. The Labute approximate surface area is 144 Å². The van der Waals surface area contributed by atoms with E-state index < -0.39 is 5.97 Å². The monoisotopic (exact) mass is 338 g/mol. The van der Waals surface area contributed by atoms with E-state index >= 15 is 0 Å². The highest BCUT2D eigenvalue weighted by Gasteiger charge is 2.13. The van der Waals surface area contributed by atoms with Crippen LogP contribution in [0.15, 0.2) is 54.7 Å². The molecule has 0 radical (unpaired) electrons. The molecule has 3 rings (SSSR count). The molecule has 0 saturated heterocycles. The number of benzene rings is 2. The van der Waals surface area contributed by atoms with E-state index in [0.717, 1.165) is 0 Å². The van der Waals surface area contributed by atoms with E-state index in [0.29, 0.717) is 34.1 Å². The zero-order chi connectivity index (χ0) is 17.8. The molecule has 0 amide bonds. The summed E-state index contributed by atoms with van der Waals surface area (Å²) in [6.07, 6.45) is 1.56. The van der Waals surface area contributed by atoms with Gasteiger partial charge in [-0.15, -0.1) is 0 Å². The molecular formula is C19H15FN2O3. The number of esters is 1. The molecule has 3 aromatic rings. The van der Waals surface area contributed by atoms with Crippen LogP contribution in [-0.4, -0.2) is 23.0 Å². The Bertz CT molecular complexity index is 911. The predicted octanol–water partition coefficient (Wildman–Crippen LogP) is 3.88. The number of methoxy groups -OCH3 is 1. The second-order valence-corrected chi connectivity index (χ2v) is 5.24. The highest BCUT2D eigenvalue weighted by Crippen LogP contribution is 2.31. The number of hydrogen-bond acceptors (Lipinski definition) is 5. The van der Waals surface area contributed by atoms with Gasteiger partial charge in [-0.05, 0) is 36.4 Å². The van der Waals surface area contributed by atoms with Gasteiger partial charge in [0.25, 0.3) is 0 Å². The summed E-state index contributed by atoms with van der Waals surface area (Å²) < 4.78 is 23.6. The molecule has 0 aliphatic carbocycles. The number of aromatic nitrogens is 2. The topological polar surface area (TPSA) is 61.3 Å². The van der Waals surface area contributed by atoms with Crippen LogP contribution in [0, 0.1) is 5.82 Å². The van der Waals surface area contributed by atoms with Gasteiger partial charge in [-0.1, -0.05) is 12.1 Å². The van der Waals surface area contributed by atoms with Crippen LogP contribution in [0.3, 0.4) is 0 Å². The lowest BCUT2D eigenvalue weighted by Crippen LogP contribution is -2.01. The molecule has 0 aliphatic heterocycles. The van der Waals surface area contributed by atoms with Crippen LogP contribution in [-0.2, 0) is 4.79 Å². The lowest BCUT2D eigenvalue weighted by Gasteiger charge is -2.10. The fourth-order valence-electron chi connectivity index (χ4n) is 2.34. The molecule has 0 spiro atoms. The maximum atomic E-state index is 13.1. The Kier molecular flexibility index (Phi) is 4.70. The third-order valence-corrected chi connectivity index (χ3v) is 3.45. The van der Waals surface area contributed by atoms with Gasteiger partial charge in [-0.25, -0.2) is 14.4 Å². The molecule has 5 nitrogen and oxygen atoms in total. The van der Waals surface area contributed by atoms with Crippen molar-refractivity contribution in [2.45, 2.75) is 6.92 Å². The molecule has 126 valence electrons. The van der Waals surface area contributed by atoms with Gasteiger partial charge in [0.2, 0.25) is 0 Å². The van der Waals surface area contributed by atoms with Crippen LogP contribution in [0.5, 0.6) is 11.5 Å². The minimum absolute atomic E-state index is 0.327. The van der Waals surface area contributed by atoms with E-state index in [-0.39, 0.29) is 5.82 Å². The lowest BCUT2D eigenvalue weighted by atomic mass is 10.1. The van der Waals surface area contributed by atoms with Gasteiger partial charge in [0.05, 0.1) is 13.3 Å². The molecule has 0 saturated carbocycles. The maximum Gasteiger partial charge on any atom is 0.308 e. The smallest absolute Gasteiger partial charge is 0.308 e. The summed E-state index contributed by atoms with van der Waals surface area (Å²) in [6, 6.07) is 12.9. The number of rotatable bonds is 4. The highest BCUT2D eigenvalue weighted by atomic mass is 19.1. The van der Waals surface area contributed by atoms with Crippen molar-refractivity contribution in [1.82, 2.24) is 9.97 Å². The number of halogens is 1. The van der Waals surface area contributed by atoms with Gasteiger partial charge in [0.15, 0.2) is 11.6 Å². The maximum absolute atomic E-state index is 13.1. The predicted molar refractivity (Wildman–Crippen MR) is 90.7 cm³/mol. The molecule has 0 fully saturated rings. The Morgan fingerprint density at radius 1 is 1.08 bits per heavy atom. The summed E-state index contributed by atoms with van der Waals surface area (Å²) in [6.45, 7) is 1.34.